The molecular formula is C19H18ClN3O. The number of halogens is 1. The molecule has 24 heavy (non-hydrogen) atoms. The highest BCUT2D eigenvalue weighted by Crippen LogP contribution is 2.15. The van der Waals surface area contributed by atoms with Crippen LogP contribution in [-0.4, -0.2) is 12.5 Å². The second kappa shape index (κ2) is 8.76. The van der Waals surface area contributed by atoms with Gasteiger partial charge in [-0.15, -0.1) is 0 Å². The number of nitrogens with zero attached hydrogens (tertiary/aromatic N) is 1. The van der Waals surface area contributed by atoms with E-state index in [0.717, 1.165) is 11.1 Å². The largest absolute Gasteiger partial charge is 0.389 e. The monoisotopic (exact) mass is 339 g/mol. The van der Waals surface area contributed by atoms with Gasteiger partial charge in [0.25, 0.3) is 5.91 Å². The molecule has 0 aliphatic carbocycles. The third-order valence-corrected chi connectivity index (χ3v) is 3.79. The van der Waals surface area contributed by atoms with Crippen molar-refractivity contribution in [2.24, 2.45) is 0 Å². The molecule has 2 aromatic carbocycles. The van der Waals surface area contributed by atoms with E-state index in [1.165, 1.54) is 6.20 Å². The number of carbonyl (C=O) groups is 1. The molecule has 122 valence electrons. The minimum Gasteiger partial charge on any atom is -0.389 e. The quantitative estimate of drug-likeness (QED) is 0.477. The van der Waals surface area contributed by atoms with Crippen molar-refractivity contribution in [2.45, 2.75) is 13.3 Å². The Morgan fingerprint density at radius 3 is 2.58 bits per heavy atom. The highest BCUT2D eigenvalue weighted by molar-refractivity contribution is 6.31. The van der Waals surface area contributed by atoms with Gasteiger partial charge in [0.05, 0.1) is 0 Å². The maximum atomic E-state index is 12.1. The summed E-state index contributed by atoms with van der Waals surface area (Å²) < 4.78 is 0. The van der Waals surface area contributed by atoms with E-state index in [2.05, 4.69) is 10.6 Å². The fraction of sp³-hybridized carbons (Fsp3) is 0.158. The van der Waals surface area contributed by atoms with Gasteiger partial charge in [0, 0.05) is 23.5 Å². The van der Waals surface area contributed by atoms with E-state index in [0.29, 0.717) is 23.7 Å². The molecule has 0 bridgehead atoms. The molecule has 5 heteroatoms. The summed E-state index contributed by atoms with van der Waals surface area (Å²) in [6.07, 6.45) is 2.13. The van der Waals surface area contributed by atoms with Crippen LogP contribution >= 0.6 is 11.6 Å². The number of nitrogens with one attached hydrogen (secondary N) is 2. The number of carbonyl (C=O) groups excluding carboxylic acids is 1. The second-order valence-electron chi connectivity index (χ2n) is 5.29. The SMILES string of the molecule is Cc1ccc(NC(=O)/C(C#N)=C\NCCc2ccccc2Cl)cc1. The normalized spacial score (nSPS) is 10.8. The molecule has 0 aliphatic heterocycles. The number of benzene rings is 2. The van der Waals surface area contributed by atoms with Crippen LogP contribution in [0.25, 0.3) is 0 Å². The molecule has 0 fully saturated rings. The average Bonchev–Trinajstić information content (AvgIpc) is 2.58. The molecule has 2 N–H and O–H groups in total. The summed E-state index contributed by atoms with van der Waals surface area (Å²) in [4.78, 5) is 12.1. The van der Waals surface area contributed by atoms with Crippen molar-refractivity contribution in [2.75, 3.05) is 11.9 Å². The van der Waals surface area contributed by atoms with Crippen LogP contribution in [0.5, 0.6) is 0 Å². The number of aryl methyl sites for hydroxylation is 1. The van der Waals surface area contributed by atoms with Crippen LogP contribution in [0.4, 0.5) is 5.69 Å². The molecule has 0 spiro atoms. The van der Waals surface area contributed by atoms with Gasteiger partial charge in [-0.3, -0.25) is 4.79 Å². The lowest BCUT2D eigenvalue weighted by molar-refractivity contribution is -0.112. The molecule has 0 radical (unpaired) electrons. The minimum atomic E-state index is -0.438. The van der Waals surface area contributed by atoms with Crippen molar-refractivity contribution < 1.29 is 4.79 Å². The van der Waals surface area contributed by atoms with Crippen molar-refractivity contribution in [3.8, 4) is 6.07 Å². The topological polar surface area (TPSA) is 64.9 Å². The number of rotatable bonds is 6. The van der Waals surface area contributed by atoms with Gasteiger partial charge in [-0.2, -0.15) is 5.26 Å². The van der Waals surface area contributed by atoms with Crippen molar-refractivity contribution >= 4 is 23.2 Å². The zero-order valence-corrected chi connectivity index (χ0v) is 14.1. The van der Waals surface area contributed by atoms with Gasteiger partial charge >= 0.3 is 0 Å². The smallest absolute Gasteiger partial charge is 0.267 e. The molecule has 0 aromatic heterocycles. The van der Waals surface area contributed by atoms with Crippen molar-refractivity contribution in [3.05, 3.63) is 76.5 Å². The highest BCUT2D eigenvalue weighted by atomic mass is 35.5. The maximum Gasteiger partial charge on any atom is 0.267 e. The number of hydrogen-bond acceptors (Lipinski definition) is 3. The van der Waals surface area contributed by atoms with Crippen molar-refractivity contribution in [3.63, 3.8) is 0 Å². The number of anilines is 1. The Labute approximate surface area is 146 Å². The van der Waals surface area contributed by atoms with Crippen LogP contribution < -0.4 is 10.6 Å². The summed E-state index contributed by atoms with van der Waals surface area (Å²) in [5.41, 5.74) is 2.80. The van der Waals surface area contributed by atoms with Gasteiger partial charge in [0.2, 0.25) is 0 Å². The minimum absolute atomic E-state index is 0.0229. The van der Waals surface area contributed by atoms with E-state index in [4.69, 9.17) is 16.9 Å². The average molecular weight is 340 g/mol. The fourth-order valence-corrected chi connectivity index (χ4v) is 2.30. The lowest BCUT2D eigenvalue weighted by atomic mass is 10.1. The Kier molecular flexibility index (Phi) is 6.41. The molecule has 2 aromatic rings. The Balaban J connectivity index is 1.89. The second-order valence-corrected chi connectivity index (χ2v) is 5.69. The van der Waals surface area contributed by atoms with Crippen LogP contribution in [-0.2, 0) is 11.2 Å². The van der Waals surface area contributed by atoms with Crippen LogP contribution in [0.2, 0.25) is 5.02 Å². The standard InChI is InChI=1S/C19H18ClN3O/c1-14-6-8-17(9-7-14)23-19(24)16(12-21)13-22-11-10-15-4-2-3-5-18(15)20/h2-9,13,22H,10-11H2,1H3,(H,23,24)/b16-13-. The molecule has 0 aliphatic rings. The molecule has 0 saturated heterocycles. The summed E-state index contributed by atoms with van der Waals surface area (Å²) in [7, 11) is 0. The third kappa shape index (κ3) is 5.15. The number of hydrogen-bond donors (Lipinski definition) is 2. The molecule has 2 rings (SSSR count). The summed E-state index contributed by atoms with van der Waals surface area (Å²) in [5, 5.41) is 15.5. The van der Waals surface area contributed by atoms with E-state index in [-0.39, 0.29) is 5.57 Å². The highest BCUT2D eigenvalue weighted by Gasteiger charge is 2.09. The number of amides is 1. The molecule has 4 nitrogen and oxygen atoms in total. The van der Waals surface area contributed by atoms with Crippen molar-refractivity contribution in [1.82, 2.24) is 5.32 Å². The van der Waals surface area contributed by atoms with Crippen LogP contribution in [0.1, 0.15) is 11.1 Å². The van der Waals surface area contributed by atoms with Gasteiger partial charge in [-0.1, -0.05) is 47.5 Å². The van der Waals surface area contributed by atoms with E-state index in [1.807, 2.05) is 49.4 Å². The fourth-order valence-electron chi connectivity index (χ4n) is 2.07. The van der Waals surface area contributed by atoms with Crippen molar-refractivity contribution in [1.29, 1.82) is 5.26 Å². The Bertz CT molecular complexity index is 776. The molecule has 0 saturated carbocycles. The summed E-state index contributed by atoms with van der Waals surface area (Å²) >= 11 is 6.09. The van der Waals surface area contributed by atoms with Gasteiger partial charge in [0.1, 0.15) is 11.6 Å². The molecule has 1 amide bonds. The van der Waals surface area contributed by atoms with E-state index >= 15 is 0 Å². The Morgan fingerprint density at radius 2 is 1.92 bits per heavy atom. The molecular weight excluding hydrogens is 322 g/mol. The van der Waals surface area contributed by atoms with Crippen LogP contribution in [0.15, 0.2) is 60.3 Å². The molecule has 0 atom stereocenters. The third-order valence-electron chi connectivity index (χ3n) is 3.42. The predicted octanol–water partition coefficient (Wildman–Crippen LogP) is 3.83. The zero-order valence-electron chi connectivity index (χ0n) is 13.3. The lowest BCUT2D eigenvalue weighted by Gasteiger charge is -2.06. The van der Waals surface area contributed by atoms with E-state index in [9.17, 15) is 4.79 Å². The van der Waals surface area contributed by atoms with Gasteiger partial charge in [0.15, 0.2) is 0 Å². The summed E-state index contributed by atoms with van der Waals surface area (Å²) in [5.74, 6) is -0.438. The van der Waals surface area contributed by atoms with Crippen LogP contribution in [0, 0.1) is 18.3 Å². The first kappa shape index (κ1) is 17.6. The van der Waals surface area contributed by atoms with Gasteiger partial charge in [-0.25, -0.2) is 0 Å². The lowest BCUT2D eigenvalue weighted by Crippen LogP contribution is -2.18. The first-order valence-electron chi connectivity index (χ1n) is 7.55. The molecule has 0 heterocycles. The van der Waals surface area contributed by atoms with E-state index < -0.39 is 5.91 Å². The predicted molar refractivity (Wildman–Crippen MR) is 96.7 cm³/mol. The maximum absolute atomic E-state index is 12.1. The zero-order chi connectivity index (χ0) is 17.4. The Hall–Kier alpha value is -2.77. The van der Waals surface area contributed by atoms with E-state index in [1.54, 1.807) is 12.1 Å². The Morgan fingerprint density at radius 1 is 1.21 bits per heavy atom. The molecule has 0 unspecified atom stereocenters. The van der Waals surface area contributed by atoms with Crippen LogP contribution in [0.3, 0.4) is 0 Å². The summed E-state index contributed by atoms with van der Waals surface area (Å²) in [6.45, 7) is 2.54. The van der Waals surface area contributed by atoms with Gasteiger partial charge in [-0.05, 0) is 37.1 Å². The summed E-state index contributed by atoms with van der Waals surface area (Å²) in [6, 6.07) is 16.9. The first-order valence-corrected chi connectivity index (χ1v) is 7.93. The number of nitriles is 1. The first-order chi connectivity index (χ1) is 11.6. The van der Waals surface area contributed by atoms with Gasteiger partial charge < -0.3 is 10.6 Å².